The highest BCUT2D eigenvalue weighted by molar-refractivity contribution is 5.93. The van der Waals surface area contributed by atoms with E-state index in [1.54, 1.807) is 0 Å². The molecule has 0 atom stereocenters. The van der Waals surface area contributed by atoms with E-state index in [1.165, 1.54) is 32.8 Å². The molecule has 28 heavy (non-hydrogen) atoms. The summed E-state index contributed by atoms with van der Waals surface area (Å²) in [5, 5.41) is 3.21. The minimum Gasteiger partial charge on any atom is -0.360 e. The van der Waals surface area contributed by atoms with E-state index in [2.05, 4.69) is 74.3 Å². The summed E-state index contributed by atoms with van der Waals surface area (Å²) < 4.78 is 0. The third-order valence-electron chi connectivity index (χ3n) is 6.06. The molecule has 1 amide bonds. The molecule has 2 N–H and O–H groups in total. The van der Waals surface area contributed by atoms with Crippen molar-refractivity contribution < 1.29 is 9.69 Å². The Hall–Kier alpha value is -2.33. The van der Waals surface area contributed by atoms with E-state index >= 15 is 0 Å². The minimum absolute atomic E-state index is 0.130. The summed E-state index contributed by atoms with van der Waals surface area (Å²) in [7, 11) is 0. The van der Waals surface area contributed by atoms with Gasteiger partial charge in [0.25, 0.3) is 5.91 Å². The van der Waals surface area contributed by atoms with Crippen molar-refractivity contribution in [3.8, 4) is 0 Å². The van der Waals surface area contributed by atoms with E-state index in [4.69, 9.17) is 0 Å². The zero-order valence-electron chi connectivity index (χ0n) is 17.8. The molecule has 0 saturated carbocycles. The van der Waals surface area contributed by atoms with Gasteiger partial charge in [-0.25, -0.2) is 0 Å². The Labute approximate surface area is 169 Å². The van der Waals surface area contributed by atoms with Crippen LogP contribution in [-0.4, -0.2) is 38.6 Å². The predicted octanol–water partition coefficient (Wildman–Crippen LogP) is 2.77. The molecule has 0 radical (unpaired) electrons. The Kier molecular flexibility index (Phi) is 6.74. The van der Waals surface area contributed by atoms with Crippen LogP contribution in [-0.2, 0) is 17.6 Å². The molecule has 1 aliphatic heterocycles. The highest BCUT2D eigenvalue weighted by Gasteiger charge is 2.24. The van der Waals surface area contributed by atoms with Gasteiger partial charge in [-0.1, -0.05) is 44.2 Å². The predicted molar refractivity (Wildman–Crippen MR) is 118 cm³/mol. The Morgan fingerprint density at radius 1 is 1.00 bits per heavy atom. The van der Waals surface area contributed by atoms with E-state index in [-0.39, 0.29) is 5.91 Å². The second-order valence-electron chi connectivity index (χ2n) is 7.84. The lowest BCUT2D eigenvalue weighted by molar-refractivity contribution is -0.892. The van der Waals surface area contributed by atoms with Gasteiger partial charge in [0.15, 0.2) is 6.54 Å². The van der Waals surface area contributed by atoms with Gasteiger partial charge in [0, 0.05) is 11.4 Å². The third-order valence-corrected chi connectivity index (χ3v) is 6.06. The normalized spacial score (nSPS) is 14.9. The Balaban J connectivity index is 1.58. The standard InChI is InChI=1S/C24H33N3O/c1-5-20-10-8-11-21(6-2)24(20)25-23(28)17-26-13-15-27(16-14-26)22-12-7-9-18(3)19(22)4/h7-12H,5-6,13-17H2,1-4H3,(H,25,28)/p+1. The number of hydrogen-bond donors (Lipinski definition) is 2. The van der Waals surface area contributed by atoms with Gasteiger partial charge in [0.2, 0.25) is 0 Å². The van der Waals surface area contributed by atoms with Gasteiger partial charge in [-0.3, -0.25) is 4.79 Å². The molecule has 1 saturated heterocycles. The first-order valence-electron chi connectivity index (χ1n) is 10.6. The largest absolute Gasteiger partial charge is 0.360 e. The summed E-state index contributed by atoms with van der Waals surface area (Å²) in [6.07, 6.45) is 1.87. The quantitative estimate of drug-likeness (QED) is 0.809. The van der Waals surface area contributed by atoms with Crippen molar-refractivity contribution in [2.24, 2.45) is 0 Å². The molecule has 3 rings (SSSR count). The van der Waals surface area contributed by atoms with E-state index in [1.807, 2.05) is 0 Å². The average Bonchev–Trinajstić information content (AvgIpc) is 2.71. The summed E-state index contributed by atoms with van der Waals surface area (Å²) in [5.74, 6) is 0.130. The topological polar surface area (TPSA) is 36.8 Å². The number of rotatable bonds is 6. The van der Waals surface area contributed by atoms with Crippen molar-refractivity contribution in [1.29, 1.82) is 0 Å². The highest BCUT2D eigenvalue weighted by atomic mass is 16.2. The molecule has 2 aromatic rings. The molecule has 150 valence electrons. The number of anilines is 2. The van der Waals surface area contributed by atoms with Crippen molar-refractivity contribution in [1.82, 2.24) is 0 Å². The summed E-state index contributed by atoms with van der Waals surface area (Å²) in [6.45, 7) is 13.2. The van der Waals surface area contributed by atoms with Gasteiger partial charge < -0.3 is 15.1 Å². The molecule has 1 fully saturated rings. The maximum Gasteiger partial charge on any atom is 0.279 e. The fourth-order valence-corrected chi connectivity index (χ4v) is 4.13. The summed E-state index contributed by atoms with van der Waals surface area (Å²) in [6, 6.07) is 12.8. The van der Waals surface area contributed by atoms with Crippen LogP contribution in [0.1, 0.15) is 36.1 Å². The first kappa shape index (κ1) is 20.4. The second-order valence-corrected chi connectivity index (χ2v) is 7.84. The Morgan fingerprint density at radius 3 is 2.21 bits per heavy atom. The van der Waals surface area contributed by atoms with Crippen molar-refractivity contribution in [2.75, 3.05) is 42.9 Å². The lowest BCUT2D eigenvalue weighted by atomic mass is 10.0. The lowest BCUT2D eigenvalue weighted by Gasteiger charge is -2.34. The van der Waals surface area contributed by atoms with Crippen LogP contribution >= 0.6 is 0 Å². The number of aryl methyl sites for hydroxylation is 3. The molecule has 0 spiro atoms. The fraction of sp³-hybridized carbons (Fsp3) is 0.458. The zero-order chi connectivity index (χ0) is 20.1. The van der Waals surface area contributed by atoms with Crippen molar-refractivity contribution in [3.63, 3.8) is 0 Å². The van der Waals surface area contributed by atoms with Gasteiger partial charge >= 0.3 is 0 Å². The first-order valence-corrected chi connectivity index (χ1v) is 10.6. The van der Waals surface area contributed by atoms with Crippen LogP contribution in [0.3, 0.4) is 0 Å². The average molecular weight is 381 g/mol. The summed E-state index contributed by atoms with van der Waals surface area (Å²) in [4.78, 5) is 16.6. The van der Waals surface area contributed by atoms with Gasteiger partial charge in [0.05, 0.1) is 26.2 Å². The van der Waals surface area contributed by atoms with Gasteiger partial charge in [-0.05, 0) is 55.0 Å². The number of amides is 1. The number of quaternary nitrogens is 1. The monoisotopic (exact) mass is 380 g/mol. The molecule has 4 nitrogen and oxygen atoms in total. The van der Waals surface area contributed by atoms with Crippen LogP contribution in [0.25, 0.3) is 0 Å². The molecule has 1 aliphatic rings. The van der Waals surface area contributed by atoms with Gasteiger partial charge in [-0.2, -0.15) is 0 Å². The lowest BCUT2D eigenvalue weighted by Crippen LogP contribution is -3.15. The molecule has 4 heteroatoms. The van der Waals surface area contributed by atoms with Crippen molar-refractivity contribution in [2.45, 2.75) is 40.5 Å². The maximum absolute atomic E-state index is 12.7. The van der Waals surface area contributed by atoms with Crippen molar-refractivity contribution >= 4 is 17.3 Å². The number of carbonyl (C=O) groups excluding carboxylic acids is 1. The smallest absolute Gasteiger partial charge is 0.279 e. The molecule has 0 aliphatic carbocycles. The molecule has 2 aromatic carbocycles. The SMILES string of the molecule is CCc1cccc(CC)c1NC(=O)C[NH+]1CCN(c2cccc(C)c2C)CC1. The van der Waals surface area contributed by atoms with E-state index in [0.29, 0.717) is 6.54 Å². The Morgan fingerprint density at radius 2 is 1.61 bits per heavy atom. The number of piperazine rings is 1. The molecule has 0 aromatic heterocycles. The van der Waals surface area contributed by atoms with Crippen LogP contribution in [0, 0.1) is 13.8 Å². The van der Waals surface area contributed by atoms with Gasteiger partial charge in [0.1, 0.15) is 0 Å². The van der Waals surface area contributed by atoms with Crippen LogP contribution < -0.4 is 15.1 Å². The number of para-hydroxylation sites is 1. The van der Waals surface area contributed by atoms with E-state index in [0.717, 1.165) is 44.7 Å². The second kappa shape index (κ2) is 9.24. The third kappa shape index (κ3) is 4.56. The molecule has 0 unspecified atom stereocenters. The van der Waals surface area contributed by atoms with Crippen molar-refractivity contribution in [3.05, 3.63) is 58.7 Å². The number of hydrogen-bond acceptors (Lipinski definition) is 2. The number of nitrogens with zero attached hydrogens (tertiary/aromatic N) is 1. The number of benzene rings is 2. The van der Waals surface area contributed by atoms with Crippen LogP contribution in [0.2, 0.25) is 0 Å². The van der Waals surface area contributed by atoms with Crippen LogP contribution in [0.5, 0.6) is 0 Å². The first-order chi connectivity index (χ1) is 13.5. The van der Waals surface area contributed by atoms with Gasteiger partial charge in [-0.15, -0.1) is 0 Å². The number of carbonyl (C=O) groups is 1. The zero-order valence-corrected chi connectivity index (χ0v) is 17.8. The summed E-state index contributed by atoms with van der Waals surface area (Å²) in [5.41, 5.74) is 7.53. The summed E-state index contributed by atoms with van der Waals surface area (Å²) >= 11 is 0. The van der Waals surface area contributed by atoms with E-state index < -0.39 is 0 Å². The van der Waals surface area contributed by atoms with Crippen LogP contribution in [0.4, 0.5) is 11.4 Å². The highest BCUT2D eigenvalue weighted by Crippen LogP contribution is 2.23. The minimum atomic E-state index is 0.130. The fourth-order valence-electron chi connectivity index (χ4n) is 4.13. The molecule has 0 bridgehead atoms. The molecule has 1 heterocycles. The Bertz CT molecular complexity index is 800. The van der Waals surface area contributed by atoms with Crippen LogP contribution in [0.15, 0.2) is 36.4 Å². The molecular formula is C24H34N3O+. The van der Waals surface area contributed by atoms with E-state index in [9.17, 15) is 4.79 Å². The number of nitrogens with one attached hydrogen (secondary N) is 2. The maximum atomic E-state index is 12.7. The molecular weight excluding hydrogens is 346 g/mol.